The van der Waals surface area contributed by atoms with Crippen LogP contribution >= 0.6 is 8.38 Å². The van der Waals surface area contributed by atoms with E-state index in [1.165, 1.54) is 0 Å². The van der Waals surface area contributed by atoms with Crippen LogP contribution in [0.3, 0.4) is 0 Å². The summed E-state index contributed by atoms with van der Waals surface area (Å²) in [5.74, 6) is 0. The Hall–Kier alpha value is 1.27. The molecule has 0 fully saturated rings. The van der Waals surface area contributed by atoms with Crippen LogP contribution in [0.4, 0.5) is 0 Å². The Morgan fingerprint density at radius 2 is 2.00 bits per heavy atom. The van der Waals surface area contributed by atoms with E-state index in [-0.39, 0.29) is 40.3 Å². The van der Waals surface area contributed by atoms with Crippen molar-refractivity contribution in [2.45, 2.75) is 0 Å². The van der Waals surface area contributed by atoms with E-state index in [1.54, 1.807) is 14.1 Å². The van der Waals surface area contributed by atoms with Gasteiger partial charge in [0.25, 0.3) is 0 Å². The minimum absolute atomic E-state index is 0. The molecule has 0 aromatic rings. The molecular formula is C4H9NNaO3P. The predicted molar refractivity (Wildman–Crippen MR) is 29.3 cm³/mol. The summed E-state index contributed by atoms with van der Waals surface area (Å²) in [6.45, 7) is 0. The van der Waals surface area contributed by atoms with Gasteiger partial charge in [-0.15, -0.1) is 0 Å². The molecule has 0 bridgehead atoms. The van der Waals surface area contributed by atoms with Gasteiger partial charge in [0.2, 0.25) is 7.05 Å². The van der Waals surface area contributed by atoms with E-state index in [2.05, 4.69) is 4.67 Å². The number of nitrogens with zero attached hydrogens (tertiary/aromatic N) is 1. The Morgan fingerprint density at radius 3 is 2.10 bits per heavy atom. The van der Waals surface area contributed by atoms with Crippen molar-refractivity contribution in [1.29, 1.82) is 0 Å². The largest absolute Gasteiger partial charge is 1.00 e. The van der Waals surface area contributed by atoms with Gasteiger partial charge in [0.05, 0.1) is 14.1 Å². The third-order valence-corrected chi connectivity index (χ3v) is 1.69. The first-order valence-corrected chi connectivity index (χ1v) is 3.68. The summed E-state index contributed by atoms with van der Waals surface area (Å²) in [6, 6.07) is 0. The van der Waals surface area contributed by atoms with Gasteiger partial charge in [-0.25, -0.2) is 0 Å². The molecule has 0 aromatic heterocycles. The molecule has 0 aliphatic carbocycles. The minimum atomic E-state index is -2.12. The van der Waals surface area contributed by atoms with Gasteiger partial charge in [0, 0.05) is 0 Å². The van der Waals surface area contributed by atoms with E-state index >= 15 is 0 Å². The van der Waals surface area contributed by atoms with Crippen LogP contribution in [0.5, 0.6) is 0 Å². The number of hydrogen-bond acceptors (Lipinski definition) is 3. The van der Waals surface area contributed by atoms with Crippen molar-refractivity contribution in [3.8, 4) is 0 Å². The summed E-state index contributed by atoms with van der Waals surface area (Å²) in [5, 5.41) is 9.46. The monoisotopic (exact) mass is 173 g/mol. The minimum Gasteiger partial charge on any atom is -0.805 e. The molecule has 1 unspecified atom stereocenters. The van der Waals surface area contributed by atoms with Crippen molar-refractivity contribution in [2.24, 2.45) is 0 Å². The molecule has 0 aliphatic heterocycles. The zero-order valence-corrected chi connectivity index (χ0v) is 9.30. The average Bonchev–Trinajstić information content (AvgIpc) is 1.62. The zero-order chi connectivity index (χ0) is 7.49. The Labute approximate surface area is 84.5 Å². The van der Waals surface area contributed by atoms with E-state index in [0.29, 0.717) is 0 Å². The van der Waals surface area contributed by atoms with Crippen LogP contribution in [0.2, 0.25) is 0 Å². The molecule has 0 heterocycles. The molecule has 0 N–H and O–H groups in total. The van der Waals surface area contributed by atoms with Crippen LogP contribution in [0.25, 0.3) is 0 Å². The van der Waals surface area contributed by atoms with Crippen molar-refractivity contribution in [2.75, 3.05) is 20.4 Å². The van der Waals surface area contributed by atoms with Crippen LogP contribution in [0, 0.1) is 7.05 Å². The predicted octanol–water partition coefficient (Wildman–Crippen LogP) is -4.34. The molecule has 0 aromatic carbocycles. The van der Waals surface area contributed by atoms with Gasteiger partial charge in [0.1, 0.15) is 6.29 Å². The van der Waals surface area contributed by atoms with Crippen LogP contribution < -0.4 is 39.7 Å². The molecule has 4 nitrogen and oxygen atoms in total. The Bertz CT molecular complexity index is 87.1. The molecule has 54 valence electrons. The van der Waals surface area contributed by atoms with Gasteiger partial charge in [-0.2, -0.15) is 0 Å². The van der Waals surface area contributed by atoms with Crippen molar-refractivity contribution in [3.63, 3.8) is 0 Å². The van der Waals surface area contributed by atoms with Gasteiger partial charge in [-0.3, -0.25) is 0 Å². The van der Waals surface area contributed by atoms with E-state index in [0.717, 1.165) is 0 Å². The third kappa shape index (κ3) is 9.27. The fraction of sp³-hybridized carbons (Fsp3) is 0.750. The van der Waals surface area contributed by atoms with Crippen molar-refractivity contribution >= 4 is 8.38 Å². The summed E-state index contributed by atoms with van der Waals surface area (Å²) in [6.07, 6.45) is 0.0405. The van der Waals surface area contributed by atoms with Crippen molar-refractivity contribution in [3.05, 3.63) is 7.05 Å². The summed E-state index contributed by atoms with van der Waals surface area (Å²) < 4.78 is 3.27. The second kappa shape index (κ2) is 5.86. The number of rotatable bonds is 3. The first-order chi connectivity index (χ1) is 3.95. The summed E-state index contributed by atoms with van der Waals surface area (Å²) in [7, 11) is 6.46. The fourth-order valence-corrected chi connectivity index (χ4v) is 0.964. The number of quaternary nitrogens is 1. The summed E-state index contributed by atoms with van der Waals surface area (Å²) >= 11 is 0. The van der Waals surface area contributed by atoms with E-state index in [1.807, 2.05) is 0 Å². The van der Waals surface area contributed by atoms with Gasteiger partial charge in [0.15, 0.2) is 0 Å². The molecule has 6 heteroatoms. The Kier molecular flexibility index (Phi) is 8.11. The maximum Gasteiger partial charge on any atom is 1.00 e. The fourth-order valence-electron chi connectivity index (χ4n) is 0.321. The topological polar surface area (TPSA) is 55.3 Å². The first-order valence-electron chi connectivity index (χ1n) is 2.32. The maximum absolute atomic E-state index is 10.3. The van der Waals surface area contributed by atoms with Crippen LogP contribution in [-0.4, -0.2) is 24.9 Å². The number of hydrogen-bond donors (Lipinski definition) is 0. The average molecular weight is 173 g/mol. The second-order valence-electron chi connectivity index (χ2n) is 2.33. The Morgan fingerprint density at radius 1 is 1.60 bits per heavy atom. The van der Waals surface area contributed by atoms with E-state index < -0.39 is 8.38 Å². The molecule has 0 saturated carbocycles. The van der Waals surface area contributed by atoms with Crippen molar-refractivity contribution in [1.82, 2.24) is 0 Å². The molecule has 0 spiro atoms. The van der Waals surface area contributed by atoms with Crippen molar-refractivity contribution < 1.29 is 48.9 Å². The Balaban J connectivity index is 0. The van der Waals surface area contributed by atoms with Crippen LogP contribution in [0.1, 0.15) is 0 Å². The standard InChI is InChI=1S/C4H10NO3P.Na/c1-5(2,3)4-9(7)8-6;/h1,6H,4H2,2-3H3;/q;+1/p-1. The second-order valence-corrected chi connectivity index (χ2v) is 3.42. The molecule has 0 rings (SSSR count). The smallest absolute Gasteiger partial charge is 0.805 e. The van der Waals surface area contributed by atoms with Gasteiger partial charge < -0.3 is 19.3 Å². The molecule has 10 heavy (non-hydrogen) atoms. The molecular weight excluding hydrogens is 164 g/mol. The van der Waals surface area contributed by atoms with Crippen LogP contribution in [0.15, 0.2) is 0 Å². The third-order valence-electron chi connectivity index (χ3n) is 0.563. The molecule has 1 atom stereocenters. The summed E-state index contributed by atoms with van der Waals surface area (Å²) in [5.41, 5.74) is 0. The molecule has 0 aliphatic rings. The first kappa shape index (κ1) is 13.8. The van der Waals surface area contributed by atoms with Gasteiger partial charge >= 0.3 is 29.6 Å². The van der Waals surface area contributed by atoms with Gasteiger partial charge in [-0.1, -0.05) is 0 Å². The van der Waals surface area contributed by atoms with E-state index in [4.69, 9.17) is 7.05 Å². The molecule has 2 radical (unpaired) electrons. The quantitative estimate of drug-likeness (QED) is 0.142. The zero-order valence-electron chi connectivity index (χ0n) is 6.40. The maximum atomic E-state index is 10.3. The normalized spacial score (nSPS) is 14.1. The molecule has 0 amide bonds. The van der Waals surface area contributed by atoms with Gasteiger partial charge in [-0.05, 0) is 8.38 Å². The van der Waals surface area contributed by atoms with Crippen LogP contribution in [-0.2, 0) is 4.67 Å². The van der Waals surface area contributed by atoms with E-state index in [9.17, 15) is 10.2 Å². The summed E-state index contributed by atoms with van der Waals surface area (Å²) in [4.78, 5) is 10.3. The molecule has 0 saturated heterocycles. The SMILES string of the molecule is [CH][N+](C)(C)CP([O-])O[O-].[Na+].